The van der Waals surface area contributed by atoms with Crippen molar-refractivity contribution in [1.29, 1.82) is 0 Å². The molecule has 0 radical (unpaired) electrons. The predicted octanol–water partition coefficient (Wildman–Crippen LogP) is 8.21. The van der Waals surface area contributed by atoms with Crippen LogP contribution in [0.1, 0.15) is 107 Å². The zero-order valence-electron chi connectivity index (χ0n) is 51.9. The second-order valence-electron chi connectivity index (χ2n) is 21.0. The minimum atomic E-state index is -0.449. The van der Waals surface area contributed by atoms with Gasteiger partial charge in [-0.25, -0.2) is 0 Å². The van der Waals surface area contributed by atoms with E-state index in [1.165, 1.54) is 59.2 Å². The first kappa shape index (κ1) is 73.8. The van der Waals surface area contributed by atoms with E-state index in [4.69, 9.17) is 29.0 Å². The van der Waals surface area contributed by atoms with Gasteiger partial charge >= 0.3 is 103 Å². The fourth-order valence-corrected chi connectivity index (χ4v) is 8.94. The number of likely N-dealkylation sites (tertiary alicyclic amines) is 1. The van der Waals surface area contributed by atoms with Crippen LogP contribution in [0.4, 0.5) is 0 Å². The Kier molecular flexibility index (Phi) is 38.7. The molecule has 2 heterocycles. The van der Waals surface area contributed by atoms with Crippen molar-refractivity contribution in [3.05, 3.63) is 263 Å². The molecule has 0 amide bonds. The normalized spacial score (nSPS) is 14.3. The van der Waals surface area contributed by atoms with E-state index < -0.39 is 6.10 Å². The summed E-state index contributed by atoms with van der Waals surface area (Å²) in [7, 11) is 0. The number of nitrogens with zero attached hydrogens (tertiary/aromatic N) is 1. The standard InChI is InChI=1S/C22H29NO.C17H20O.C16H18O2.C13H12O.C3H6O.CH2O3.2K.H/c1-18-10-8-9-15-23(18)19(2)17-24-22-14-7-6-13-21(22)16-20-11-4-3-5-12-20;1-14(2)13-18-17-11-7-6-10-16(17)12-15-8-4-3-5-9-15;1-13(17)12-18-16-10-6-5-9-15(16)11-14-7-3-2-4-8-14;14-13-9-5-4-8-12(13)10-11-6-2-1-3-7-11;1-3-2-4-3;2-1-4-3;;;/h3-7,11-14,18-19H,8-10,15-17H2,1-2H3;3-11,14H,12-13H2,1-2H3;2-10,13,17H,11-12H2,1H3;1-9,14H,10H2;3H,2H2,1H3;1,3H;;;/q;;;;;;2*+1;-1/p-1. The number of carbonyl (C=O) groups excluding carboxylic acids is 1. The van der Waals surface area contributed by atoms with Gasteiger partial charge in [-0.05, 0) is 122 Å². The first-order valence-electron chi connectivity index (χ1n) is 28.7. The van der Waals surface area contributed by atoms with Gasteiger partial charge in [0.05, 0.1) is 25.4 Å². The minimum Gasteiger partial charge on any atom is -1.00 e. The Balaban J connectivity index is 0.000000370. The number of epoxide rings is 1. The molecule has 84 heavy (non-hydrogen) atoms. The zero-order valence-corrected chi connectivity index (χ0v) is 57.2. The van der Waals surface area contributed by atoms with Crippen LogP contribution in [0.2, 0.25) is 0 Å². The van der Waals surface area contributed by atoms with Crippen molar-refractivity contribution in [1.82, 2.24) is 4.90 Å². The second-order valence-corrected chi connectivity index (χ2v) is 21.0. The summed E-state index contributed by atoms with van der Waals surface area (Å²) in [6.45, 7) is 16.6. The van der Waals surface area contributed by atoms with Gasteiger partial charge in [-0.2, -0.15) is 0 Å². The molecule has 4 unspecified atom stereocenters. The molecule has 0 aromatic heterocycles. The fraction of sp³-hybridized carbons (Fsp3) is 0.319. The summed E-state index contributed by atoms with van der Waals surface area (Å²) in [5.41, 5.74) is 9.75. The largest absolute Gasteiger partial charge is 1.00 e. The van der Waals surface area contributed by atoms with Crippen LogP contribution < -0.4 is 122 Å². The predicted molar refractivity (Wildman–Crippen MR) is 331 cm³/mol. The number of carbonyl (C=O) groups is 1. The van der Waals surface area contributed by atoms with Crippen molar-refractivity contribution >= 4 is 6.47 Å². The number of para-hydroxylation sites is 4. The summed E-state index contributed by atoms with van der Waals surface area (Å²) in [6, 6.07) is 74.8. The first-order chi connectivity index (χ1) is 39.9. The topological polar surface area (TPSA) is 133 Å². The van der Waals surface area contributed by atoms with Crippen molar-refractivity contribution in [2.75, 3.05) is 33.0 Å². The van der Waals surface area contributed by atoms with Gasteiger partial charge in [-0.3, -0.25) is 9.69 Å². The molecule has 436 valence electrons. The van der Waals surface area contributed by atoms with Gasteiger partial charge in [-0.15, -0.1) is 0 Å². The molecule has 0 spiro atoms. The quantitative estimate of drug-likeness (QED) is 0.0269. The summed E-state index contributed by atoms with van der Waals surface area (Å²) < 4.78 is 22.4. The zero-order chi connectivity index (χ0) is 58.6. The summed E-state index contributed by atoms with van der Waals surface area (Å²) >= 11 is 0. The Hall–Kier alpha value is -4.46. The van der Waals surface area contributed by atoms with Crippen LogP contribution >= 0.6 is 0 Å². The molecule has 10 nitrogen and oxygen atoms in total. The second kappa shape index (κ2) is 44.1. The van der Waals surface area contributed by atoms with Gasteiger partial charge in [0.15, 0.2) is 0 Å². The molecule has 8 aromatic carbocycles. The number of rotatable bonds is 19. The Bertz CT molecular complexity index is 2850. The van der Waals surface area contributed by atoms with E-state index in [0.29, 0.717) is 36.5 Å². The Labute approximate surface area is 588 Å². The number of phenols is 1. The van der Waals surface area contributed by atoms with Gasteiger partial charge in [0.25, 0.3) is 6.47 Å². The molecular formula is C72H87K2NO9. The smallest absolute Gasteiger partial charge is 1.00 e. The summed E-state index contributed by atoms with van der Waals surface area (Å²) in [6.07, 6.45) is 7.61. The number of aromatic hydroxyl groups is 1. The minimum absolute atomic E-state index is 0. The number of hydrogen-bond acceptors (Lipinski definition) is 10. The molecule has 0 saturated carbocycles. The molecule has 4 atom stereocenters. The third-order valence-corrected chi connectivity index (χ3v) is 13.4. The Morgan fingerprint density at radius 2 is 0.845 bits per heavy atom. The molecule has 10 rings (SSSR count). The number of phenolic OH excluding ortho intramolecular Hbond substituents is 1. The Morgan fingerprint density at radius 1 is 0.524 bits per heavy atom. The van der Waals surface area contributed by atoms with Gasteiger partial charge in [-0.1, -0.05) is 214 Å². The molecule has 2 fully saturated rings. The van der Waals surface area contributed by atoms with Crippen LogP contribution in [0.15, 0.2) is 218 Å². The molecule has 8 aromatic rings. The van der Waals surface area contributed by atoms with Gasteiger partial charge < -0.3 is 40.7 Å². The fourth-order valence-electron chi connectivity index (χ4n) is 8.94. The molecule has 0 bridgehead atoms. The molecule has 2 aliphatic heterocycles. The number of piperidine rings is 1. The maximum atomic E-state index is 9.57. The van der Waals surface area contributed by atoms with Crippen molar-refractivity contribution in [2.45, 2.75) is 111 Å². The number of hydrogen-bond donors (Lipinski definition) is 2. The van der Waals surface area contributed by atoms with Gasteiger partial charge in [0.1, 0.15) is 36.2 Å². The van der Waals surface area contributed by atoms with Crippen molar-refractivity contribution in [3.63, 3.8) is 0 Å². The summed E-state index contributed by atoms with van der Waals surface area (Å²) in [5.74, 6) is 3.81. The average Bonchev–Trinajstić information content (AvgIpc) is 4.34. The SMILES string of the molecule is CC(C)COc1ccccc1Cc1ccccc1.CC(O)COc1ccccc1Cc1ccccc1.CC1CCCCN1C(C)COc1ccccc1Cc1ccccc1.CC1CO1.O=CO[O-].Oc1ccccc1Cc1ccccc1.[H-].[K+].[K+]. The Morgan fingerprint density at radius 3 is 1.18 bits per heavy atom. The number of ether oxygens (including phenoxy) is 4. The molecule has 2 N–H and O–H groups in total. The third kappa shape index (κ3) is 30.8. The third-order valence-electron chi connectivity index (χ3n) is 13.4. The van der Waals surface area contributed by atoms with E-state index in [1.54, 1.807) is 13.0 Å². The van der Waals surface area contributed by atoms with Crippen LogP contribution in [-0.4, -0.2) is 78.8 Å². The number of aliphatic hydroxyl groups excluding tert-OH is 1. The monoisotopic (exact) mass is 1190 g/mol. The molecule has 12 heteroatoms. The van der Waals surface area contributed by atoms with Crippen LogP contribution in [0.3, 0.4) is 0 Å². The van der Waals surface area contributed by atoms with Crippen molar-refractivity contribution in [3.8, 4) is 23.0 Å². The van der Waals surface area contributed by atoms with Crippen LogP contribution in [0.25, 0.3) is 0 Å². The van der Waals surface area contributed by atoms with Crippen LogP contribution in [0.5, 0.6) is 23.0 Å². The van der Waals surface area contributed by atoms with E-state index in [1.807, 2.05) is 84.9 Å². The van der Waals surface area contributed by atoms with Crippen LogP contribution in [0, 0.1) is 5.92 Å². The molecule has 0 aliphatic carbocycles. The van der Waals surface area contributed by atoms with Crippen LogP contribution in [-0.2, 0) is 40.1 Å². The molecule has 2 saturated heterocycles. The summed E-state index contributed by atoms with van der Waals surface area (Å²) in [4.78, 5) is 13.9. The van der Waals surface area contributed by atoms with E-state index in [2.05, 4.69) is 172 Å². The van der Waals surface area contributed by atoms with E-state index >= 15 is 0 Å². The number of benzene rings is 8. The van der Waals surface area contributed by atoms with Crippen molar-refractivity contribution in [2.24, 2.45) is 5.92 Å². The van der Waals surface area contributed by atoms with Crippen molar-refractivity contribution < 1.29 is 148 Å². The maximum absolute atomic E-state index is 9.57. The maximum Gasteiger partial charge on any atom is 1.00 e. The van der Waals surface area contributed by atoms with E-state index in [0.717, 1.165) is 73.9 Å². The molecular weight excluding hydrogens is 1100 g/mol. The van der Waals surface area contributed by atoms with Gasteiger partial charge in [0, 0.05) is 37.8 Å². The average molecular weight is 1190 g/mol. The molecule has 2 aliphatic rings. The summed E-state index contributed by atoms with van der Waals surface area (Å²) in [5, 5.41) is 27.3. The number of aliphatic hydroxyl groups is 1. The van der Waals surface area contributed by atoms with E-state index in [-0.39, 0.29) is 111 Å². The van der Waals surface area contributed by atoms with E-state index in [9.17, 15) is 10.2 Å². The van der Waals surface area contributed by atoms with Gasteiger partial charge in [0.2, 0.25) is 0 Å². The first-order valence-corrected chi connectivity index (χ1v) is 28.7.